The molecule has 0 fully saturated rings. The van der Waals surface area contributed by atoms with Crippen LogP contribution in [0.1, 0.15) is 0 Å². The van der Waals surface area contributed by atoms with Gasteiger partial charge < -0.3 is 41.6 Å². The van der Waals surface area contributed by atoms with E-state index < -0.39 is 48.9 Å². The molecule has 0 aliphatic heterocycles. The van der Waals surface area contributed by atoms with Crippen LogP contribution in [0.15, 0.2) is 11.1 Å². The van der Waals surface area contributed by atoms with Crippen molar-refractivity contribution in [2.45, 2.75) is 24.9 Å². The number of nitrogens with zero attached hydrogens (tertiary/aromatic N) is 3. The number of nitrogens with two attached hydrogens (primary N) is 3. The van der Waals surface area contributed by atoms with E-state index in [-0.39, 0.29) is 37.1 Å². The zero-order chi connectivity index (χ0) is 22.3. The number of carbonyl (C=O) groups is 2. The van der Waals surface area contributed by atoms with Crippen molar-refractivity contribution in [3.8, 4) is 0 Å². The van der Waals surface area contributed by atoms with E-state index >= 15 is 0 Å². The number of hydrogen-bond donors (Lipinski definition) is 6. The number of H-pyrrole nitrogens is 1. The molecule has 9 N–H and O–H groups in total. The van der Waals surface area contributed by atoms with Crippen LogP contribution in [0, 0.1) is 0 Å². The molecule has 0 aliphatic carbocycles. The summed E-state index contributed by atoms with van der Waals surface area (Å²) in [5.74, 6) is -1.90. The molecule has 2 aromatic heterocycles. The Morgan fingerprint density at radius 1 is 1.13 bits per heavy atom. The van der Waals surface area contributed by atoms with Crippen molar-refractivity contribution in [2.75, 3.05) is 32.2 Å². The fourth-order valence-corrected chi connectivity index (χ4v) is 2.11. The number of aromatic amines is 1. The van der Waals surface area contributed by atoms with E-state index in [0.29, 0.717) is 0 Å². The van der Waals surface area contributed by atoms with Gasteiger partial charge in [-0.25, -0.2) is 4.98 Å². The third-order valence-corrected chi connectivity index (χ3v) is 3.76. The van der Waals surface area contributed by atoms with Crippen LogP contribution in [0.4, 0.5) is 5.95 Å². The number of esters is 2. The maximum atomic E-state index is 11.8. The number of nitrogen functional groups attached to an aromatic ring is 1. The first-order valence-corrected chi connectivity index (χ1v) is 8.65. The zero-order valence-electron chi connectivity index (χ0n) is 15.8. The quantitative estimate of drug-likeness (QED) is 0.186. The van der Waals surface area contributed by atoms with Crippen LogP contribution in [0.5, 0.6) is 0 Å². The SMILES string of the molecule is Nc1nc2c(ncn2COC(COC(=O)[C@H](N)CO)COC(=O)[C@@H](N)CO)c(=O)[nH]1. The van der Waals surface area contributed by atoms with Crippen LogP contribution in [0.2, 0.25) is 0 Å². The largest absolute Gasteiger partial charge is 0.462 e. The summed E-state index contributed by atoms with van der Waals surface area (Å²) in [4.78, 5) is 45.3. The van der Waals surface area contributed by atoms with Crippen LogP contribution >= 0.6 is 0 Å². The van der Waals surface area contributed by atoms with Crippen molar-refractivity contribution in [3.05, 3.63) is 16.7 Å². The van der Waals surface area contributed by atoms with Gasteiger partial charge in [-0.15, -0.1) is 0 Å². The van der Waals surface area contributed by atoms with E-state index in [1.807, 2.05) is 0 Å². The number of aliphatic hydroxyl groups excluding tert-OH is 2. The fourth-order valence-electron chi connectivity index (χ4n) is 2.11. The van der Waals surface area contributed by atoms with Crippen LogP contribution in [0.3, 0.4) is 0 Å². The van der Waals surface area contributed by atoms with Crippen molar-refractivity contribution < 1.29 is 34.0 Å². The molecule has 3 atom stereocenters. The molecule has 0 aromatic carbocycles. The first-order chi connectivity index (χ1) is 14.3. The molecule has 166 valence electrons. The minimum absolute atomic E-state index is 0.0324. The second-order valence-electron chi connectivity index (χ2n) is 6.09. The number of anilines is 1. The first-order valence-electron chi connectivity index (χ1n) is 8.65. The van der Waals surface area contributed by atoms with Gasteiger partial charge in [-0.3, -0.25) is 23.9 Å². The van der Waals surface area contributed by atoms with E-state index in [4.69, 9.17) is 41.6 Å². The number of rotatable bonds is 11. The van der Waals surface area contributed by atoms with Gasteiger partial charge in [-0.05, 0) is 0 Å². The predicted octanol–water partition coefficient (Wildman–Crippen LogP) is -4.23. The summed E-state index contributed by atoms with van der Waals surface area (Å²) in [6.45, 7) is -2.21. The lowest BCUT2D eigenvalue weighted by molar-refractivity contribution is -0.159. The number of fused-ring (bicyclic) bond motifs is 1. The van der Waals surface area contributed by atoms with Crippen molar-refractivity contribution >= 4 is 29.1 Å². The second-order valence-corrected chi connectivity index (χ2v) is 6.09. The molecular weight excluding hydrogens is 406 g/mol. The fraction of sp³-hybridized carbons (Fsp3) is 0.533. The lowest BCUT2D eigenvalue weighted by Crippen LogP contribution is -2.40. The highest BCUT2D eigenvalue weighted by Gasteiger charge is 2.21. The number of aromatic nitrogens is 4. The van der Waals surface area contributed by atoms with Gasteiger partial charge in [-0.2, -0.15) is 4.98 Å². The van der Waals surface area contributed by atoms with Gasteiger partial charge in [-0.1, -0.05) is 0 Å². The second kappa shape index (κ2) is 10.6. The highest BCUT2D eigenvalue weighted by Crippen LogP contribution is 2.08. The number of imidazole rings is 1. The predicted molar refractivity (Wildman–Crippen MR) is 99.5 cm³/mol. The van der Waals surface area contributed by atoms with Gasteiger partial charge in [0.05, 0.1) is 19.5 Å². The minimum Gasteiger partial charge on any atom is -0.462 e. The lowest BCUT2D eigenvalue weighted by Gasteiger charge is -2.20. The van der Waals surface area contributed by atoms with Crippen molar-refractivity contribution in [3.63, 3.8) is 0 Å². The Kier molecular flexibility index (Phi) is 8.19. The monoisotopic (exact) mass is 429 g/mol. The summed E-state index contributed by atoms with van der Waals surface area (Å²) in [6, 6.07) is -2.49. The summed E-state index contributed by atoms with van der Waals surface area (Å²) in [7, 11) is 0. The molecule has 0 saturated heterocycles. The molecule has 0 saturated carbocycles. The van der Waals surface area contributed by atoms with E-state index in [1.54, 1.807) is 0 Å². The molecule has 0 bridgehead atoms. The number of carbonyl (C=O) groups excluding carboxylic acids is 2. The van der Waals surface area contributed by atoms with Gasteiger partial charge in [0.25, 0.3) is 5.56 Å². The normalized spacial score (nSPS) is 14.3. The topological polar surface area (TPSA) is 244 Å². The average molecular weight is 429 g/mol. The minimum atomic E-state index is -1.24. The molecular formula is C15H23N7O8. The van der Waals surface area contributed by atoms with Gasteiger partial charge >= 0.3 is 11.9 Å². The van der Waals surface area contributed by atoms with Crippen LogP contribution in [-0.2, 0) is 30.5 Å². The Hall–Kier alpha value is -3.11. The molecule has 30 heavy (non-hydrogen) atoms. The van der Waals surface area contributed by atoms with Crippen molar-refractivity contribution in [2.24, 2.45) is 11.5 Å². The molecule has 0 radical (unpaired) electrons. The molecule has 1 unspecified atom stereocenters. The van der Waals surface area contributed by atoms with E-state index in [1.165, 1.54) is 10.9 Å². The van der Waals surface area contributed by atoms with Crippen molar-refractivity contribution in [1.29, 1.82) is 0 Å². The maximum absolute atomic E-state index is 11.8. The molecule has 15 nitrogen and oxygen atoms in total. The number of aliphatic hydroxyl groups is 2. The summed E-state index contributed by atoms with van der Waals surface area (Å²) in [6.07, 6.45) is 0.302. The standard InChI is InChI=1S/C15H23N7O8/c16-8(1-23)13(26)28-3-7(4-29-14(27)9(17)2-24)30-6-22-5-19-10-11(22)20-15(18)21-12(10)25/h5,7-9,23-24H,1-4,6,16-17H2,(H3,18,20,21,25)/t7?,8-,9+. The van der Waals surface area contributed by atoms with Gasteiger partial charge in [0.1, 0.15) is 38.1 Å². The summed E-state index contributed by atoms with van der Waals surface area (Å²) in [5, 5.41) is 17.8. The van der Waals surface area contributed by atoms with Gasteiger partial charge in [0.2, 0.25) is 5.95 Å². The molecule has 0 amide bonds. The third-order valence-electron chi connectivity index (χ3n) is 3.76. The Balaban J connectivity index is 2.07. The van der Waals surface area contributed by atoms with Crippen molar-refractivity contribution in [1.82, 2.24) is 19.5 Å². The lowest BCUT2D eigenvalue weighted by atomic mass is 10.3. The molecule has 0 spiro atoms. The van der Waals surface area contributed by atoms with E-state index in [9.17, 15) is 14.4 Å². The first kappa shape index (κ1) is 23.2. The Morgan fingerprint density at radius 3 is 2.23 bits per heavy atom. The summed E-state index contributed by atoms with van der Waals surface area (Å²) < 4.78 is 16.8. The van der Waals surface area contributed by atoms with Gasteiger partial charge in [0.15, 0.2) is 11.2 Å². The zero-order valence-corrected chi connectivity index (χ0v) is 15.8. The molecule has 0 aliphatic rings. The Bertz CT molecular complexity index is 903. The number of nitrogens with one attached hydrogen (secondary N) is 1. The number of ether oxygens (including phenoxy) is 3. The van der Waals surface area contributed by atoms with Crippen LogP contribution in [0.25, 0.3) is 11.2 Å². The highest BCUT2D eigenvalue weighted by molar-refractivity contribution is 5.76. The summed E-state index contributed by atoms with van der Waals surface area (Å²) >= 11 is 0. The maximum Gasteiger partial charge on any atom is 0.325 e. The summed E-state index contributed by atoms with van der Waals surface area (Å²) in [5.41, 5.74) is 15.9. The molecule has 2 rings (SSSR count). The third kappa shape index (κ3) is 5.94. The van der Waals surface area contributed by atoms with Gasteiger partial charge in [0, 0.05) is 0 Å². The molecule has 2 heterocycles. The average Bonchev–Trinajstić information content (AvgIpc) is 3.14. The van der Waals surface area contributed by atoms with Crippen LogP contribution in [-0.4, -0.2) is 86.3 Å². The molecule has 15 heteroatoms. The highest BCUT2D eigenvalue weighted by atomic mass is 16.6. The molecule has 2 aromatic rings. The number of hydrogen-bond acceptors (Lipinski definition) is 13. The van der Waals surface area contributed by atoms with Crippen LogP contribution < -0.4 is 22.8 Å². The Morgan fingerprint density at radius 2 is 1.70 bits per heavy atom. The smallest absolute Gasteiger partial charge is 0.325 e. The Labute approximate surface area is 168 Å². The van der Waals surface area contributed by atoms with E-state index in [2.05, 4.69) is 15.0 Å². The van der Waals surface area contributed by atoms with E-state index in [0.717, 1.165) is 0 Å².